The van der Waals surface area contributed by atoms with E-state index in [1.165, 1.54) is 6.92 Å². The normalized spacial score (nSPS) is 27.0. The Morgan fingerprint density at radius 2 is 1.86 bits per heavy atom. The summed E-state index contributed by atoms with van der Waals surface area (Å²) < 4.78 is 16.7. The predicted octanol–water partition coefficient (Wildman–Crippen LogP) is 2.39. The topological polar surface area (TPSA) is 102 Å². The Morgan fingerprint density at radius 1 is 1.07 bits per heavy atom. The first-order valence-corrected chi connectivity index (χ1v) is 10.7. The van der Waals surface area contributed by atoms with Crippen molar-refractivity contribution in [2.75, 3.05) is 26.9 Å². The number of esters is 1. The summed E-state index contributed by atoms with van der Waals surface area (Å²) in [5, 5.41) is 8.66. The van der Waals surface area contributed by atoms with Crippen molar-refractivity contribution in [3.63, 3.8) is 0 Å². The zero-order valence-corrected chi connectivity index (χ0v) is 17.6. The van der Waals surface area contributed by atoms with Gasteiger partial charge in [0.15, 0.2) is 0 Å². The molecule has 166 valence electrons. The molecule has 1 aliphatic heterocycles. The number of carbonyl (C=O) groups excluding carboxylic acids is 2. The van der Waals surface area contributed by atoms with E-state index < -0.39 is 5.97 Å². The summed E-state index contributed by atoms with van der Waals surface area (Å²) in [5.41, 5.74) is 0. The second-order valence-corrected chi connectivity index (χ2v) is 8.03. The molecule has 4 atom stereocenters. The Labute approximate surface area is 172 Å². The largest absolute Gasteiger partial charge is 0.481 e. The van der Waals surface area contributed by atoms with Crippen molar-refractivity contribution in [1.82, 2.24) is 4.90 Å². The first-order chi connectivity index (χ1) is 13.9. The second kappa shape index (κ2) is 12.1. The zero-order chi connectivity index (χ0) is 21.2. The Bertz CT molecular complexity index is 553. The number of likely N-dealkylation sites (tertiary alicyclic amines) is 1. The van der Waals surface area contributed by atoms with Crippen molar-refractivity contribution in [3.8, 4) is 0 Å². The number of carboxylic acids is 1. The average Bonchev–Trinajstić information content (AvgIpc) is 3.16. The number of aliphatic carboxylic acids is 1. The van der Waals surface area contributed by atoms with Crippen LogP contribution in [0.1, 0.15) is 64.7 Å². The van der Waals surface area contributed by atoms with Crippen LogP contribution in [0.15, 0.2) is 0 Å². The molecule has 0 aromatic rings. The molecule has 1 heterocycles. The van der Waals surface area contributed by atoms with Crippen LogP contribution < -0.4 is 0 Å². The number of nitrogens with zero attached hydrogens (tertiary/aromatic N) is 1. The lowest BCUT2D eigenvalue weighted by Crippen LogP contribution is -2.46. The van der Waals surface area contributed by atoms with Crippen molar-refractivity contribution < 1.29 is 33.7 Å². The first-order valence-electron chi connectivity index (χ1n) is 10.7. The van der Waals surface area contributed by atoms with Gasteiger partial charge in [-0.3, -0.25) is 14.4 Å². The van der Waals surface area contributed by atoms with Crippen molar-refractivity contribution in [2.45, 2.75) is 83.0 Å². The van der Waals surface area contributed by atoms with Gasteiger partial charge in [0.1, 0.15) is 6.61 Å². The zero-order valence-electron chi connectivity index (χ0n) is 17.6. The van der Waals surface area contributed by atoms with Gasteiger partial charge in [-0.1, -0.05) is 6.42 Å². The lowest BCUT2D eigenvalue weighted by Gasteiger charge is -2.37. The number of carbonyl (C=O) groups is 3. The van der Waals surface area contributed by atoms with Crippen LogP contribution in [0.3, 0.4) is 0 Å². The molecule has 1 saturated carbocycles. The van der Waals surface area contributed by atoms with E-state index in [9.17, 15) is 14.4 Å². The fourth-order valence-electron chi connectivity index (χ4n) is 4.30. The number of carboxylic acid groups (broad SMARTS) is 1. The summed E-state index contributed by atoms with van der Waals surface area (Å²) in [6.07, 6.45) is 6.34. The third kappa shape index (κ3) is 7.59. The summed E-state index contributed by atoms with van der Waals surface area (Å²) in [6.45, 7) is 2.96. The fourth-order valence-corrected chi connectivity index (χ4v) is 4.30. The minimum absolute atomic E-state index is 0.0211. The van der Waals surface area contributed by atoms with Crippen LogP contribution >= 0.6 is 0 Å². The highest BCUT2D eigenvalue weighted by Crippen LogP contribution is 2.32. The average molecular weight is 414 g/mol. The number of amides is 1. The van der Waals surface area contributed by atoms with E-state index in [1.54, 1.807) is 7.11 Å². The third-order valence-electron chi connectivity index (χ3n) is 5.89. The standard InChI is InChI=1S/C21H35NO7/c1-15(23)29-14-17-7-6-11-22(17)21(26)16-9-10-18(19(13-16)27-2)28-12-5-3-4-8-20(24)25/h16-19H,3-14H2,1-2H3,(H,24,25)/t16-,17+,18?,19-/m1/s1. The molecule has 2 aliphatic rings. The van der Waals surface area contributed by atoms with Crippen LogP contribution in [0.4, 0.5) is 0 Å². The molecular weight excluding hydrogens is 378 g/mol. The lowest BCUT2D eigenvalue weighted by molar-refractivity contribution is -0.149. The monoisotopic (exact) mass is 413 g/mol. The Balaban J connectivity index is 1.76. The summed E-state index contributed by atoms with van der Waals surface area (Å²) in [5.74, 6) is -1.03. The molecule has 29 heavy (non-hydrogen) atoms. The molecule has 2 rings (SSSR count). The summed E-state index contributed by atoms with van der Waals surface area (Å²) in [6, 6.07) is -0.0211. The summed E-state index contributed by atoms with van der Waals surface area (Å²) in [7, 11) is 1.65. The van der Waals surface area contributed by atoms with Crippen molar-refractivity contribution in [1.29, 1.82) is 0 Å². The van der Waals surface area contributed by atoms with Gasteiger partial charge in [-0.2, -0.15) is 0 Å². The van der Waals surface area contributed by atoms with Gasteiger partial charge in [0.25, 0.3) is 0 Å². The quantitative estimate of drug-likeness (QED) is 0.410. The third-order valence-corrected chi connectivity index (χ3v) is 5.89. The highest BCUT2D eigenvalue weighted by atomic mass is 16.5. The fraction of sp³-hybridized carbons (Fsp3) is 0.857. The van der Waals surface area contributed by atoms with Gasteiger partial charge in [0.05, 0.1) is 18.2 Å². The van der Waals surface area contributed by atoms with Gasteiger partial charge in [-0.15, -0.1) is 0 Å². The molecule has 2 fully saturated rings. The highest BCUT2D eigenvalue weighted by molar-refractivity contribution is 5.79. The number of rotatable bonds is 11. The van der Waals surface area contributed by atoms with Crippen LogP contribution in [0.5, 0.6) is 0 Å². The van der Waals surface area contributed by atoms with E-state index in [1.807, 2.05) is 4.90 Å². The van der Waals surface area contributed by atoms with Crippen LogP contribution in [-0.2, 0) is 28.6 Å². The van der Waals surface area contributed by atoms with Crippen LogP contribution in [0, 0.1) is 5.92 Å². The number of methoxy groups -OCH3 is 1. The van der Waals surface area contributed by atoms with Gasteiger partial charge in [-0.05, 0) is 44.9 Å². The van der Waals surface area contributed by atoms with Crippen LogP contribution in [0.2, 0.25) is 0 Å². The molecule has 0 spiro atoms. The predicted molar refractivity (Wildman–Crippen MR) is 105 cm³/mol. The Morgan fingerprint density at radius 3 is 2.55 bits per heavy atom. The molecule has 1 N–H and O–H groups in total. The molecule has 1 unspecified atom stereocenters. The number of hydrogen-bond donors (Lipinski definition) is 1. The molecule has 0 aromatic carbocycles. The first kappa shape index (κ1) is 23.6. The number of unbranched alkanes of at least 4 members (excludes halogenated alkanes) is 2. The molecule has 1 amide bonds. The van der Waals surface area contributed by atoms with E-state index in [2.05, 4.69) is 0 Å². The molecular formula is C21H35NO7. The molecule has 0 radical (unpaired) electrons. The maximum Gasteiger partial charge on any atom is 0.303 e. The van der Waals surface area contributed by atoms with Gasteiger partial charge in [0.2, 0.25) is 5.91 Å². The van der Waals surface area contributed by atoms with E-state index in [0.29, 0.717) is 19.4 Å². The van der Waals surface area contributed by atoms with E-state index >= 15 is 0 Å². The minimum Gasteiger partial charge on any atom is -0.481 e. The molecule has 8 nitrogen and oxygen atoms in total. The SMILES string of the molecule is CO[C@@H]1C[C@H](C(=O)N2CCC[C@H]2COC(C)=O)CCC1OCCCCCC(=O)O. The molecule has 1 aliphatic carbocycles. The molecule has 8 heteroatoms. The Hall–Kier alpha value is -1.67. The highest BCUT2D eigenvalue weighted by Gasteiger charge is 2.39. The van der Waals surface area contributed by atoms with E-state index in [0.717, 1.165) is 45.1 Å². The molecule has 1 saturated heterocycles. The lowest BCUT2D eigenvalue weighted by atomic mass is 9.84. The maximum atomic E-state index is 13.1. The van der Waals surface area contributed by atoms with Crippen molar-refractivity contribution >= 4 is 17.8 Å². The van der Waals surface area contributed by atoms with Crippen LogP contribution in [0.25, 0.3) is 0 Å². The van der Waals surface area contributed by atoms with Crippen molar-refractivity contribution in [2.24, 2.45) is 5.92 Å². The van der Waals surface area contributed by atoms with Gasteiger partial charge in [-0.25, -0.2) is 0 Å². The van der Waals surface area contributed by atoms with Crippen LogP contribution in [-0.4, -0.2) is 73.0 Å². The summed E-state index contributed by atoms with van der Waals surface area (Å²) >= 11 is 0. The second-order valence-electron chi connectivity index (χ2n) is 8.03. The minimum atomic E-state index is -0.763. The number of ether oxygens (including phenoxy) is 3. The summed E-state index contributed by atoms with van der Waals surface area (Å²) in [4.78, 5) is 36.5. The Kier molecular flexibility index (Phi) is 9.87. The maximum absolute atomic E-state index is 13.1. The van der Waals surface area contributed by atoms with Gasteiger partial charge in [0, 0.05) is 39.5 Å². The smallest absolute Gasteiger partial charge is 0.303 e. The molecule has 0 bridgehead atoms. The van der Waals surface area contributed by atoms with Crippen molar-refractivity contribution in [3.05, 3.63) is 0 Å². The number of hydrogen-bond acceptors (Lipinski definition) is 6. The van der Waals surface area contributed by atoms with E-state index in [4.69, 9.17) is 19.3 Å². The van der Waals surface area contributed by atoms with E-state index in [-0.39, 0.29) is 49.1 Å². The van der Waals surface area contributed by atoms with Gasteiger partial charge < -0.3 is 24.2 Å². The van der Waals surface area contributed by atoms with Gasteiger partial charge >= 0.3 is 11.9 Å². The molecule has 0 aromatic heterocycles.